The molecule has 0 saturated heterocycles. The minimum absolute atomic E-state index is 0.00588. The van der Waals surface area contributed by atoms with Crippen LogP contribution in [0.2, 0.25) is 0 Å². The predicted molar refractivity (Wildman–Crippen MR) is 131 cm³/mol. The van der Waals surface area contributed by atoms with Crippen molar-refractivity contribution in [3.8, 4) is 28.7 Å². The Morgan fingerprint density at radius 3 is 1.45 bits per heavy atom. The topological polar surface area (TPSA) is 94.5 Å². The van der Waals surface area contributed by atoms with E-state index in [-0.39, 0.29) is 28.6 Å². The van der Waals surface area contributed by atoms with E-state index in [9.17, 15) is 15.0 Å². The molecule has 0 amide bonds. The van der Waals surface area contributed by atoms with Gasteiger partial charge in [-0.05, 0) is 25.7 Å². The summed E-state index contributed by atoms with van der Waals surface area (Å²) in [5.41, 5.74) is -0.346. The SMILES string of the molecule is CCCCCCCOc1c(O)c(C(=O)O)c(OCCCC)c(OCCCC)c1OCCCC. The zero-order valence-electron chi connectivity index (χ0n) is 21.0. The lowest BCUT2D eigenvalue weighted by atomic mass is 10.1. The molecule has 0 unspecified atom stereocenters. The molecule has 0 saturated carbocycles. The number of hydrogen-bond acceptors (Lipinski definition) is 6. The highest BCUT2D eigenvalue weighted by Crippen LogP contribution is 2.53. The molecule has 33 heavy (non-hydrogen) atoms. The maximum atomic E-state index is 12.1. The number of carboxylic acid groups (broad SMARTS) is 1. The van der Waals surface area contributed by atoms with Crippen LogP contribution in [0.3, 0.4) is 0 Å². The fourth-order valence-corrected chi connectivity index (χ4v) is 3.22. The highest BCUT2D eigenvalue weighted by Gasteiger charge is 2.32. The number of unbranched alkanes of at least 4 members (excludes halogenated alkanes) is 7. The molecule has 1 aromatic carbocycles. The number of phenols is 1. The normalized spacial score (nSPS) is 10.8. The summed E-state index contributed by atoms with van der Waals surface area (Å²) in [6.07, 6.45) is 10.3. The van der Waals surface area contributed by atoms with Crippen molar-refractivity contribution >= 4 is 5.97 Å². The molecule has 0 fully saturated rings. The van der Waals surface area contributed by atoms with Crippen LogP contribution in [-0.2, 0) is 0 Å². The fraction of sp³-hybridized carbons (Fsp3) is 0.731. The second kappa shape index (κ2) is 17.2. The summed E-state index contributed by atoms with van der Waals surface area (Å²) in [5, 5.41) is 20.9. The first-order valence-corrected chi connectivity index (χ1v) is 12.7. The van der Waals surface area contributed by atoms with E-state index in [0.717, 1.165) is 64.2 Å². The quantitative estimate of drug-likeness (QED) is 0.199. The predicted octanol–water partition coefficient (Wildman–Crippen LogP) is 6.98. The summed E-state index contributed by atoms with van der Waals surface area (Å²) in [5.74, 6) is -1.32. The molecule has 0 radical (unpaired) electrons. The van der Waals surface area contributed by atoms with E-state index in [1.54, 1.807) is 0 Å². The smallest absolute Gasteiger partial charge is 0.343 e. The number of hydrogen-bond donors (Lipinski definition) is 2. The van der Waals surface area contributed by atoms with Crippen LogP contribution in [0.1, 0.15) is 109 Å². The summed E-state index contributed by atoms with van der Waals surface area (Å²) in [4.78, 5) is 12.1. The van der Waals surface area contributed by atoms with Crippen molar-refractivity contribution in [1.29, 1.82) is 0 Å². The Kier molecular flexibility index (Phi) is 15.0. The number of ether oxygens (including phenoxy) is 4. The molecule has 7 nitrogen and oxygen atoms in total. The summed E-state index contributed by atoms with van der Waals surface area (Å²) < 4.78 is 23.8. The van der Waals surface area contributed by atoms with Crippen LogP contribution in [0.25, 0.3) is 0 Å². The molecule has 0 aliphatic rings. The maximum absolute atomic E-state index is 12.1. The van der Waals surface area contributed by atoms with Crippen molar-refractivity contribution < 1.29 is 34.0 Å². The van der Waals surface area contributed by atoms with Crippen LogP contribution in [0, 0.1) is 0 Å². The van der Waals surface area contributed by atoms with Gasteiger partial charge in [-0.1, -0.05) is 72.6 Å². The van der Waals surface area contributed by atoms with Gasteiger partial charge in [0, 0.05) is 0 Å². The molecule has 1 aromatic rings. The van der Waals surface area contributed by atoms with Crippen molar-refractivity contribution in [3.05, 3.63) is 5.56 Å². The van der Waals surface area contributed by atoms with Gasteiger partial charge in [0.25, 0.3) is 0 Å². The molecule has 2 N–H and O–H groups in total. The van der Waals surface area contributed by atoms with Crippen molar-refractivity contribution in [1.82, 2.24) is 0 Å². The molecular formula is C26H44O7. The minimum atomic E-state index is -1.30. The van der Waals surface area contributed by atoms with Crippen LogP contribution >= 0.6 is 0 Å². The first kappa shape index (κ1) is 28.7. The van der Waals surface area contributed by atoms with Crippen LogP contribution in [0.15, 0.2) is 0 Å². The van der Waals surface area contributed by atoms with Gasteiger partial charge in [-0.25, -0.2) is 4.79 Å². The van der Waals surface area contributed by atoms with E-state index in [4.69, 9.17) is 18.9 Å². The third-order valence-corrected chi connectivity index (χ3v) is 5.24. The second-order valence-electron chi connectivity index (χ2n) is 8.21. The van der Waals surface area contributed by atoms with Crippen LogP contribution in [0.5, 0.6) is 28.7 Å². The van der Waals surface area contributed by atoms with E-state index >= 15 is 0 Å². The summed E-state index contributed by atoms with van der Waals surface area (Å²) >= 11 is 0. The Balaban J connectivity index is 3.41. The Morgan fingerprint density at radius 2 is 0.970 bits per heavy atom. The molecule has 0 aliphatic carbocycles. The monoisotopic (exact) mass is 468 g/mol. The lowest BCUT2D eigenvalue weighted by Gasteiger charge is -2.23. The number of aromatic carboxylic acids is 1. The molecule has 0 atom stereocenters. The Labute approximate surface area is 199 Å². The highest BCUT2D eigenvalue weighted by atomic mass is 16.6. The number of benzene rings is 1. The number of carboxylic acids is 1. The molecule has 0 bridgehead atoms. The minimum Gasteiger partial charge on any atom is -0.503 e. The van der Waals surface area contributed by atoms with Crippen LogP contribution in [-0.4, -0.2) is 42.6 Å². The van der Waals surface area contributed by atoms with E-state index < -0.39 is 11.7 Å². The van der Waals surface area contributed by atoms with Gasteiger partial charge in [0.15, 0.2) is 17.1 Å². The van der Waals surface area contributed by atoms with Gasteiger partial charge in [0.2, 0.25) is 17.2 Å². The number of carbonyl (C=O) groups is 1. The fourth-order valence-electron chi connectivity index (χ4n) is 3.22. The Bertz CT molecular complexity index is 688. The van der Waals surface area contributed by atoms with Gasteiger partial charge in [-0.2, -0.15) is 0 Å². The lowest BCUT2D eigenvalue weighted by molar-refractivity contribution is 0.0685. The van der Waals surface area contributed by atoms with Gasteiger partial charge in [0.05, 0.1) is 26.4 Å². The zero-order chi connectivity index (χ0) is 24.5. The Morgan fingerprint density at radius 1 is 0.576 bits per heavy atom. The van der Waals surface area contributed by atoms with E-state index in [1.165, 1.54) is 6.42 Å². The summed E-state index contributed by atoms with van der Waals surface area (Å²) in [6.45, 7) is 9.73. The molecule has 1 rings (SSSR count). The molecule has 0 spiro atoms. The van der Waals surface area contributed by atoms with Gasteiger partial charge < -0.3 is 29.2 Å². The van der Waals surface area contributed by atoms with Crippen LogP contribution < -0.4 is 18.9 Å². The van der Waals surface area contributed by atoms with E-state index in [2.05, 4.69) is 13.8 Å². The average molecular weight is 469 g/mol. The Hall–Kier alpha value is -2.31. The van der Waals surface area contributed by atoms with E-state index in [1.807, 2.05) is 13.8 Å². The average Bonchev–Trinajstić information content (AvgIpc) is 2.79. The standard InChI is InChI=1S/C26H44O7/c1-5-9-13-14-15-19-31-23-21(27)20(26(28)29)22(30-16-10-6-2)24(32-17-11-7-3)25(23)33-18-12-8-4/h27H,5-19H2,1-4H3,(H,28,29). The van der Waals surface area contributed by atoms with Gasteiger partial charge in [0.1, 0.15) is 0 Å². The summed E-state index contributed by atoms with van der Waals surface area (Å²) in [6, 6.07) is 0. The maximum Gasteiger partial charge on any atom is 0.343 e. The van der Waals surface area contributed by atoms with Crippen LogP contribution in [0.4, 0.5) is 0 Å². The lowest BCUT2D eigenvalue weighted by Crippen LogP contribution is -2.12. The summed E-state index contributed by atoms with van der Waals surface area (Å²) in [7, 11) is 0. The highest BCUT2D eigenvalue weighted by molar-refractivity contribution is 5.97. The molecular weight excluding hydrogens is 424 g/mol. The first-order chi connectivity index (χ1) is 16.0. The molecule has 190 valence electrons. The number of rotatable bonds is 20. The molecule has 7 heteroatoms. The molecule has 0 aliphatic heterocycles. The third kappa shape index (κ3) is 9.60. The van der Waals surface area contributed by atoms with Crippen molar-refractivity contribution in [2.75, 3.05) is 26.4 Å². The van der Waals surface area contributed by atoms with E-state index in [0.29, 0.717) is 26.4 Å². The molecule has 0 aromatic heterocycles. The first-order valence-electron chi connectivity index (χ1n) is 12.7. The largest absolute Gasteiger partial charge is 0.503 e. The van der Waals surface area contributed by atoms with Crippen molar-refractivity contribution in [2.45, 2.75) is 98.3 Å². The van der Waals surface area contributed by atoms with Crippen molar-refractivity contribution in [2.24, 2.45) is 0 Å². The molecule has 0 heterocycles. The number of aromatic hydroxyl groups is 1. The van der Waals surface area contributed by atoms with Gasteiger partial charge in [-0.15, -0.1) is 0 Å². The zero-order valence-corrected chi connectivity index (χ0v) is 21.0. The van der Waals surface area contributed by atoms with Gasteiger partial charge >= 0.3 is 5.97 Å². The van der Waals surface area contributed by atoms with Crippen molar-refractivity contribution in [3.63, 3.8) is 0 Å². The third-order valence-electron chi connectivity index (χ3n) is 5.24. The van der Waals surface area contributed by atoms with Gasteiger partial charge in [-0.3, -0.25) is 0 Å². The second-order valence-corrected chi connectivity index (χ2v) is 8.21.